The van der Waals surface area contributed by atoms with Crippen LogP contribution in [0.2, 0.25) is 5.02 Å². The zero-order valence-corrected chi connectivity index (χ0v) is 15.4. The van der Waals surface area contributed by atoms with Crippen molar-refractivity contribution in [3.8, 4) is 0 Å². The van der Waals surface area contributed by atoms with E-state index >= 15 is 0 Å². The van der Waals surface area contributed by atoms with Crippen molar-refractivity contribution in [3.05, 3.63) is 87.8 Å². The second kappa shape index (κ2) is 8.39. The summed E-state index contributed by atoms with van der Waals surface area (Å²) in [5.41, 5.74) is 7.73. The number of rotatable bonds is 6. The van der Waals surface area contributed by atoms with E-state index in [0.29, 0.717) is 5.56 Å². The molecule has 0 radical (unpaired) electrons. The van der Waals surface area contributed by atoms with Gasteiger partial charge in [-0.1, -0.05) is 23.7 Å². The van der Waals surface area contributed by atoms with Gasteiger partial charge in [0, 0.05) is 17.8 Å². The van der Waals surface area contributed by atoms with Gasteiger partial charge < -0.3 is 5.11 Å². The summed E-state index contributed by atoms with van der Waals surface area (Å²) in [5.74, 6) is -0.220. The molecule has 1 heterocycles. The van der Waals surface area contributed by atoms with Crippen molar-refractivity contribution in [2.75, 3.05) is 13.2 Å². The predicted octanol–water partition coefficient (Wildman–Crippen LogP) is 4.46. The molecule has 3 nitrogen and oxygen atoms in total. The van der Waals surface area contributed by atoms with Crippen LogP contribution in [-0.4, -0.2) is 23.3 Å². The van der Waals surface area contributed by atoms with Crippen molar-refractivity contribution >= 4 is 17.3 Å². The molecule has 0 aliphatic carbocycles. The predicted molar refractivity (Wildman–Crippen MR) is 104 cm³/mol. The Labute approximate surface area is 158 Å². The molecule has 2 aromatic rings. The molecule has 26 heavy (non-hydrogen) atoms. The largest absolute Gasteiger partial charge is 0.392 e. The quantitative estimate of drug-likeness (QED) is 0.786. The fourth-order valence-electron chi connectivity index (χ4n) is 2.91. The van der Waals surface area contributed by atoms with Crippen molar-refractivity contribution in [1.82, 2.24) is 10.4 Å². The first kappa shape index (κ1) is 18.5. The molecular weight excluding hydrogens is 351 g/mol. The zero-order chi connectivity index (χ0) is 18.5. The fourth-order valence-corrected chi connectivity index (χ4v) is 3.04. The minimum atomic E-state index is -0.220. The van der Waals surface area contributed by atoms with Crippen LogP contribution in [-0.2, 0) is 6.42 Å². The fraction of sp³-hybridized carbons (Fsp3) is 0.238. The molecule has 3 rings (SSSR count). The highest BCUT2D eigenvalue weighted by Crippen LogP contribution is 2.21. The average Bonchev–Trinajstić information content (AvgIpc) is 2.65. The third-order valence-corrected chi connectivity index (χ3v) is 4.60. The van der Waals surface area contributed by atoms with Crippen LogP contribution in [0.4, 0.5) is 4.39 Å². The smallest absolute Gasteiger partial charge is 0.126 e. The molecule has 0 aromatic heterocycles. The summed E-state index contributed by atoms with van der Waals surface area (Å²) in [7, 11) is 0. The van der Waals surface area contributed by atoms with E-state index in [0.717, 1.165) is 41.2 Å². The molecule has 136 valence electrons. The topological polar surface area (TPSA) is 35.5 Å². The maximum Gasteiger partial charge on any atom is 0.126 e. The van der Waals surface area contributed by atoms with Crippen molar-refractivity contribution in [2.24, 2.45) is 0 Å². The van der Waals surface area contributed by atoms with E-state index in [4.69, 9.17) is 11.6 Å². The molecule has 2 aromatic carbocycles. The average molecular weight is 373 g/mol. The van der Waals surface area contributed by atoms with Crippen LogP contribution in [0, 0.1) is 12.7 Å². The summed E-state index contributed by atoms with van der Waals surface area (Å²) in [6.07, 6.45) is 5.68. The number of aliphatic hydroxyl groups is 1. The number of hydrazine groups is 1. The van der Waals surface area contributed by atoms with Gasteiger partial charge in [-0.3, -0.25) is 10.4 Å². The molecule has 1 aliphatic heterocycles. The Morgan fingerprint density at radius 1 is 1.15 bits per heavy atom. The van der Waals surface area contributed by atoms with Gasteiger partial charge in [-0.05, 0) is 78.4 Å². The van der Waals surface area contributed by atoms with E-state index in [1.807, 2.05) is 41.6 Å². The molecule has 0 spiro atoms. The number of hydrogen-bond acceptors (Lipinski definition) is 3. The summed E-state index contributed by atoms with van der Waals surface area (Å²) in [6.45, 7) is 2.48. The van der Waals surface area contributed by atoms with Gasteiger partial charge in [0.1, 0.15) is 5.82 Å². The highest BCUT2D eigenvalue weighted by atomic mass is 35.5. The standard InChI is InChI=1S/C21H22ClFN2O/c1-15-11-18(6-9-20(15)23)21-12-17(14-26)13-25(24-21)10-2-3-16-4-7-19(22)8-5-16/h4-9,11-13,24,26H,2-3,10,14H2,1H3. The first-order valence-electron chi connectivity index (χ1n) is 8.62. The van der Waals surface area contributed by atoms with E-state index in [1.165, 1.54) is 11.6 Å². The number of nitrogens with one attached hydrogen (secondary N) is 1. The first-order valence-corrected chi connectivity index (χ1v) is 9.00. The number of halogens is 2. The minimum Gasteiger partial charge on any atom is -0.392 e. The van der Waals surface area contributed by atoms with Gasteiger partial charge in [0.05, 0.1) is 12.3 Å². The normalized spacial score (nSPS) is 13.9. The van der Waals surface area contributed by atoms with Crippen LogP contribution in [0.1, 0.15) is 23.1 Å². The monoisotopic (exact) mass is 372 g/mol. The number of aryl methyl sites for hydroxylation is 2. The molecule has 0 saturated heterocycles. The Morgan fingerprint density at radius 2 is 1.92 bits per heavy atom. The highest BCUT2D eigenvalue weighted by molar-refractivity contribution is 6.30. The van der Waals surface area contributed by atoms with E-state index in [1.54, 1.807) is 19.1 Å². The van der Waals surface area contributed by atoms with E-state index < -0.39 is 0 Å². The van der Waals surface area contributed by atoms with Gasteiger partial charge in [0.2, 0.25) is 0 Å². The SMILES string of the molecule is Cc1cc(C2=CC(CO)=CN(CCCc3ccc(Cl)cc3)N2)ccc1F. The number of nitrogens with zero attached hydrogens (tertiary/aromatic N) is 1. The van der Waals surface area contributed by atoms with Crippen LogP contribution < -0.4 is 5.43 Å². The third-order valence-electron chi connectivity index (χ3n) is 4.34. The molecule has 1 aliphatic rings. The van der Waals surface area contributed by atoms with Crippen LogP contribution in [0.25, 0.3) is 5.70 Å². The van der Waals surface area contributed by atoms with E-state index in [-0.39, 0.29) is 12.4 Å². The number of hydrogen-bond donors (Lipinski definition) is 2. The molecule has 0 amide bonds. The Bertz CT molecular complexity index is 830. The molecule has 2 N–H and O–H groups in total. The van der Waals surface area contributed by atoms with Crippen molar-refractivity contribution < 1.29 is 9.50 Å². The summed E-state index contributed by atoms with van der Waals surface area (Å²) in [6, 6.07) is 12.9. The first-order chi connectivity index (χ1) is 12.5. The molecule has 0 atom stereocenters. The summed E-state index contributed by atoms with van der Waals surface area (Å²) in [4.78, 5) is 0. The van der Waals surface area contributed by atoms with Gasteiger partial charge in [-0.2, -0.15) is 0 Å². The van der Waals surface area contributed by atoms with Crippen LogP contribution in [0.5, 0.6) is 0 Å². The van der Waals surface area contributed by atoms with Crippen molar-refractivity contribution in [1.29, 1.82) is 0 Å². The van der Waals surface area contributed by atoms with E-state index in [9.17, 15) is 9.50 Å². The maximum absolute atomic E-state index is 13.5. The molecule has 0 unspecified atom stereocenters. The van der Waals surface area contributed by atoms with Gasteiger partial charge >= 0.3 is 0 Å². The maximum atomic E-state index is 13.5. The van der Waals surface area contributed by atoms with Crippen LogP contribution >= 0.6 is 11.6 Å². The van der Waals surface area contributed by atoms with Gasteiger partial charge in [0.25, 0.3) is 0 Å². The Kier molecular flexibility index (Phi) is 5.96. The number of benzene rings is 2. The lowest BCUT2D eigenvalue weighted by molar-refractivity contribution is 0.295. The lowest BCUT2D eigenvalue weighted by Gasteiger charge is -2.29. The Morgan fingerprint density at radius 3 is 2.62 bits per heavy atom. The molecule has 0 bridgehead atoms. The van der Waals surface area contributed by atoms with Crippen LogP contribution in [0.3, 0.4) is 0 Å². The number of aliphatic hydroxyl groups excluding tert-OH is 1. The Balaban J connectivity index is 1.65. The third kappa shape index (κ3) is 4.65. The zero-order valence-electron chi connectivity index (χ0n) is 14.7. The second-order valence-electron chi connectivity index (χ2n) is 6.42. The molecule has 5 heteroatoms. The second-order valence-corrected chi connectivity index (χ2v) is 6.86. The van der Waals surface area contributed by atoms with Gasteiger partial charge in [0.15, 0.2) is 0 Å². The van der Waals surface area contributed by atoms with Crippen molar-refractivity contribution in [2.45, 2.75) is 19.8 Å². The molecule has 0 fully saturated rings. The highest BCUT2D eigenvalue weighted by Gasteiger charge is 2.13. The Hall–Kier alpha value is -2.30. The molecule has 0 saturated carbocycles. The van der Waals surface area contributed by atoms with Gasteiger partial charge in [-0.25, -0.2) is 4.39 Å². The molecular formula is C21H22ClFN2O. The summed E-state index contributed by atoms with van der Waals surface area (Å²) in [5, 5.41) is 12.3. The van der Waals surface area contributed by atoms with Crippen LogP contribution in [0.15, 0.2) is 60.3 Å². The summed E-state index contributed by atoms with van der Waals surface area (Å²) >= 11 is 5.92. The lowest BCUT2D eigenvalue weighted by Crippen LogP contribution is -2.36. The lowest BCUT2D eigenvalue weighted by atomic mass is 10.1. The van der Waals surface area contributed by atoms with Crippen molar-refractivity contribution in [3.63, 3.8) is 0 Å². The minimum absolute atomic E-state index is 0.0426. The summed E-state index contributed by atoms with van der Waals surface area (Å²) < 4.78 is 13.5. The van der Waals surface area contributed by atoms with Gasteiger partial charge in [-0.15, -0.1) is 0 Å². The van der Waals surface area contributed by atoms with E-state index in [2.05, 4.69) is 5.43 Å².